The Morgan fingerprint density at radius 2 is 2.17 bits per heavy atom. The summed E-state index contributed by atoms with van der Waals surface area (Å²) in [6.07, 6.45) is 3.68. The summed E-state index contributed by atoms with van der Waals surface area (Å²) >= 11 is 1.58. The highest BCUT2D eigenvalue weighted by atomic mass is 35.5. The molecule has 4 nitrogen and oxygen atoms in total. The molecule has 0 aromatic carbocycles. The molecule has 0 aliphatic rings. The number of hydrogen-bond donors (Lipinski definition) is 1. The van der Waals surface area contributed by atoms with Gasteiger partial charge in [0.25, 0.3) is 0 Å². The van der Waals surface area contributed by atoms with E-state index < -0.39 is 0 Å². The molecule has 3 aromatic rings. The van der Waals surface area contributed by atoms with Crippen LogP contribution in [0.5, 0.6) is 0 Å². The van der Waals surface area contributed by atoms with Crippen LogP contribution in [0.4, 0.5) is 10.9 Å². The van der Waals surface area contributed by atoms with Crippen molar-refractivity contribution in [2.45, 2.75) is 20.4 Å². The molecular weight excluding hydrogens is 328 g/mol. The van der Waals surface area contributed by atoms with Crippen molar-refractivity contribution in [3.05, 3.63) is 59.9 Å². The Morgan fingerprint density at radius 1 is 1.35 bits per heavy atom. The maximum atomic E-state index is 4.68. The lowest BCUT2D eigenvalue weighted by molar-refractivity contribution is 0.770. The number of halogens is 1. The third-order valence-corrected chi connectivity index (χ3v) is 4.32. The number of hydrogen-bond acceptors (Lipinski definition) is 4. The van der Waals surface area contributed by atoms with Gasteiger partial charge in [-0.05, 0) is 32.0 Å². The average molecular weight is 347 g/mol. The molecule has 3 aromatic heterocycles. The van der Waals surface area contributed by atoms with Crippen LogP contribution in [0.2, 0.25) is 0 Å². The molecule has 3 heterocycles. The fourth-order valence-electron chi connectivity index (χ4n) is 2.47. The predicted octanol–water partition coefficient (Wildman–Crippen LogP) is 4.97. The summed E-state index contributed by atoms with van der Waals surface area (Å²) in [5, 5.41) is 6.16. The zero-order valence-electron chi connectivity index (χ0n) is 13.1. The summed E-state index contributed by atoms with van der Waals surface area (Å²) < 4.78 is 2.24. The molecule has 0 aliphatic heterocycles. The number of allylic oxidation sites excluding steroid dienone is 1. The molecule has 23 heavy (non-hydrogen) atoms. The summed E-state index contributed by atoms with van der Waals surface area (Å²) in [5.41, 5.74) is 4.60. The molecular formula is C17H19ClN4S. The first kappa shape index (κ1) is 17.2. The first-order chi connectivity index (χ1) is 10.7. The van der Waals surface area contributed by atoms with E-state index in [1.807, 2.05) is 24.3 Å². The normalized spacial score (nSPS) is 10.2. The van der Waals surface area contributed by atoms with E-state index in [-0.39, 0.29) is 12.4 Å². The Bertz CT molecular complexity index is 792. The van der Waals surface area contributed by atoms with Gasteiger partial charge < -0.3 is 9.88 Å². The summed E-state index contributed by atoms with van der Waals surface area (Å²) in [6, 6.07) is 7.95. The van der Waals surface area contributed by atoms with E-state index in [1.54, 1.807) is 17.5 Å². The lowest BCUT2D eigenvalue weighted by atomic mass is 10.2. The molecule has 0 atom stereocenters. The average Bonchev–Trinajstić information content (AvgIpc) is 3.08. The molecule has 0 unspecified atom stereocenters. The van der Waals surface area contributed by atoms with Crippen molar-refractivity contribution in [2.75, 3.05) is 5.32 Å². The van der Waals surface area contributed by atoms with Crippen molar-refractivity contribution >= 4 is 34.7 Å². The minimum Gasteiger partial charge on any atom is -0.345 e. The number of aryl methyl sites for hydroxylation is 1. The number of thiazole rings is 1. The van der Waals surface area contributed by atoms with Gasteiger partial charge in [-0.2, -0.15) is 0 Å². The van der Waals surface area contributed by atoms with Crippen molar-refractivity contribution in [2.24, 2.45) is 0 Å². The van der Waals surface area contributed by atoms with Gasteiger partial charge in [-0.1, -0.05) is 12.1 Å². The molecule has 0 radical (unpaired) electrons. The van der Waals surface area contributed by atoms with E-state index in [0.717, 1.165) is 23.2 Å². The maximum absolute atomic E-state index is 4.68. The van der Waals surface area contributed by atoms with Crippen LogP contribution in [-0.4, -0.2) is 14.5 Å². The Kier molecular flexibility index (Phi) is 5.58. The molecule has 1 N–H and O–H groups in total. The molecule has 120 valence electrons. The topological polar surface area (TPSA) is 42.7 Å². The quantitative estimate of drug-likeness (QED) is 0.663. The Balaban J connectivity index is 0.00000192. The van der Waals surface area contributed by atoms with Crippen LogP contribution in [-0.2, 0) is 6.54 Å². The molecule has 3 rings (SSSR count). The van der Waals surface area contributed by atoms with E-state index >= 15 is 0 Å². The first-order valence-corrected chi connectivity index (χ1v) is 7.98. The standard InChI is InChI=1S/C17H18N4S.ClH/c1-4-9-21-12(2)10-14(13(21)3)15-11-22-17(19-15)20-16-7-5-6-8-18-16;/h4-8,10-11H,1,9H2,2-3H3,(H,18,19,20);1H. The van der Waals surface area contributed by atoms with E-state index in [1.165, 1.54) is 17.0 Å². The van der Waals surface area contributed by atoms with Gasteiger partial charge in [-0.15, -0.1) is 30.3 Å². The number of nitrogens with one attached hydrogen (secondary N) is 1. The van der Waals surface area contributed by atoms with Gasteiger partial charge in [0.2, 0.25) is 0 Å². The number of anilines is 2. The van der Waals surface area contributed by atoms with Crippen LogP contribution in [0.1, 0.15) is 11.4 Å². The highest BCUT2D eigenvalue weighted by Gasteiger charge is 2.13. The second kappa shape index (κ2) is 7.44. The number of rotatable bonds is 5. The highest BCUT2D eigenvalue weighted by Crippen LogP contribution is 2.30. The van der Waals surface area contributed by atoms with E-state index in [9.17, 15) is 0 Å². The second-order valence-electron chi connectivity index (χ2n) is 5.06. The minimum absolute atomic E-state index is 0. The summed E-state index contributed by atoms with van der Waals surface area (Å²) in [5.74, 6) is 0.806. The fourth-order valence-corrected chi connectivity index (χ4v) is 3.19. The number of aromatic nitrogens is 3. The third kappa shape index (κ3) is 3.63. The third-order valence-electron chi connectivity index (χ3n) is 3.57. The van der Waals surface area contributed by atoms with Gasteiger partial charge >= 0.3 is 0 Å². The van der Waals surface area contributed by atoms with Gasteiger partial charge in [0.15, 0.2) is 5.13 Å². The van der Waals surface area contributed by atoms with Crippen LogP contribution >= 0.6 is 23.7 Å². The summed E-state index contributed by atoms with van der Waals surface area (Å²) in [4.78, 5) is 8.94. The zero-order chi connectivity index (χ0) is 15.5. The smallest absolute Gasteiger partial charge is 0.188 e. The highest BCUT2D eigenvalue weighted by molar-refractivity contribution is 7.14. The number of nitrogens with zero attached hydrogens (tertiary/aromatic N) is 3. The number of pyridine rings is 1. The molecule has 0 aliphatic carbocycles. The Hall–Kier alpha value is -2.11. The van der Waals surface area contributed by atoms with Crippen molar-refractivity contribution < 1.29 is 0 Å². The zero-order valence-corrected chi connectivity index (χ0v) is 14.7. The Morgan fingerprint density at radius 3 is 2.87 bits per heavy atom. The van der Waals surface area contributed by atoms with Gasteiger partial charge in [0.1, 0.15) is 5.82 Å². The SMILES string of the molecule is C=CCn1c(C)cc(-c2csc(Nc3ccccn3)n2)c1C.Cl. The lowest BCUT2D eigenvalue weighted by Crippen LogP contribution is -1.99. The monoisotopic (exact) mass is 346 g/mol. The van der Waals surface area contributed by atoms with Gasteiger partial charge in [-0.25, -0.2) is 9.97 Å². The van der Waals surface area contributed by atoms with Crippen LogP contribution in [0.15, 0.2) is 48.5 Å². The van der Waals surface area contributed by atoms with Gasteiger partial charge in [-0.3, -0.25) is 0 Å². The van der Waals surface area contributed by atoms with E-state index in [0.29, 0.717) is 0 Å². The van der Waals surface area contributed by atoms with Crippen LogP contribution in [0.3, 0.4) is 0 Å². The molecule has 0 spiro atoms. The summed E-state index contributed by atoms with van der Waals surface area (Å²) in [6.45, 7) is 8.87. The molecule has 0 amide bonds. The van der Waals surface area contributed by atoms with Crippen LogP contribution < -0.4 is 5.32 Å². The molecule has 0 saturated heterocycles. The van der Waals surface area contributed by atoms with Crippen LogP contribution in [0, 0.1) is 13.8 Å². The minimum atomic E-state index is 0. The van der Waals surface area contributed by atoms with Gasteiger partial charge in [0, 0.05) is 35.1 Å². The fraction of sp³-hybridized carbons (Fsp3) is 0.176. The summed E-state index contributed by atoms with van der Waals surface area (Å²) in [7, 11) is 0. The van der Waals surface area contributed by atoms with Crippen molar-refractivity contribution in [3.63, 3.8) is 0 Å². The largest absolute Gasteiger partial charge is 0.345 e. The second-order valence-corrected chi connectivity index (χ2v) is 5.92. The predicted molar refractivity (Wildman–Crippen MR) is 100.0 cm³/mol. The van der Waals surface area contributed by atoms with Crippen LogP contribution in [0.25, 0.3) is 11.3 Å². The molecule has 0 saturated carbocycles. The first-order valence-electron chi connectivity index (χ1n) is 7.10. The Labute approximate surface area is 146 Å². The molecule has 0 bridgehead atoms. The van der Waals surface area contributed by atoms with E-state index in [4.69, 9.17) is 0 Å². The van der Waals surface area contributed by atoms with Gasteiger partial charge in [0.05, 0.1) is 5.69 Å². The molecule has 0 fully saturated rings. The van der Waals surface area contributed by atoms with Crippen molar-refractivity contribution in [1.29, 1.82) is 0 Å². The molecule has 6 heteroatoms. The maximum Gasteiger partial charge on any atom is 0.188 e. The lowest BCUT2D eigenvalue weighted by Gasteiger charge is -2.05. The van der Waals surface area contributed by atoms with E-state index in [2.05, 4.69) is 51.7 Å². The van der Waals surface area contributed by atoms with Crippen molar-refractivity contribution in [1.82, 2.24) is 14.5 Å². The van der Waals surface area contributed by atoms with Crippen molar-refractivity contribution in [3.8, 4) is 11.3 Å².